The fourth-order valence-corrected chi connectivity index (χ4v) is 3.58. The van der Waals surface area contributed by atoms with Gasteiger partial charge in [-0.1, -0.05) is 0 Å². The Morgan fingerprint density at radius 1 is 1.18 bits per heavy atom. The molecule has 0 bridgehead atoms. The first-order valence-corrected chi connectivity index (χ1v) is 9.32. The van der Waals surface area contributed by atoms with Crippen LogP contribution in [0.5, 0.6) is 11.5 Å². The number of anilines is 1. The summed E-state index contributed by atoms with van der Waals surface area (Å²) >= 11 is 0.775. The number of ether oxygens (including phenoxy) is 2. The Morgan fingerprint density at radius 2 is 1.96 bits per heavy atom. The minimum atomic E-state index is -0.527. The highest BCUT2D eigenvalue weighted by Gasteiger charge is 2.36. The fourth-order valence-electron chi connectivity index (χ4n) is 2.76. The van der Waals surface area contributed by atoms with Crippen molar-refractivity contribution >= 4 is 40.6 Å². The van der Waals surface area contributed by atoms with Crippen molar-refractivity contribution in [2.45, 2.75) is 6.92 Å². The Bertz CT molecular complexity index is 996. The van der Waals surface area contributed by atoms with Gasteiger partial charge in [-0.3, -0.25) is 19.3 Å². The van der Waals surface area contributed by atoms with Gasteiger partial charge in [-0.05, 0) is 43.0 Å². The molecule has 8 nitrogen and oxygen atoms in total. The van der Waals surface area contributed by atoms with Crippen molar-refractivity contribution in [2.75, 3.05) is 25.1 Å². The van der Waals surface area contributed by atoms with Gasteiger partial charge in [0, 0.05) is 17.8 Å². The summed E-state index contributed by atoms with van der Waals surface area (Å²) in [4.78, 5) is 38.1. The van der Waals surface area contributed by atoms with E-state index in [9.17, 15) is 14.4 Å². The van der Waals surface area contributed by atoms with Crippen molar-refractivity contribution in [3.63, 3.8) is 0 Å². The summed E-state index contributed by atoms with van der Waals surface area (Å²) in [5.41, 5.74) is 0.489. The maximum Gasteiger partial charge on any atom is 0.294 e. The number of nitrogens with zero attached hydrogens (tertiary/aromatic N) is 1. The van der Waals surface area contributed by atoms with E-state index >= 15 is 0 Å². The lowest BCUT2D eigenvalue weighted by Crippen LogP contribution is -2.36. The van der Waals surface area contributed by atoms with Crippen LogP contribution in [0.25, 0.3) is 6.08 Å². The van der Waals surface area contributed by atoms with E-state index in [1.54, 1.807) is 37.3 Å². The molecule has 4 rings (SSSR count). The molecule has 1 aromatic heterocycles. The predicted molar refractivity (Wildman–Crippen MR) is 102 cm³/mol. The van der Waals surface area contributed by atoms with E-state index in [4.69, 9.17) is 13.9 Å². The molecule has 0 radical (unpaired) electrons. The van der Waals surface area contributed by atoms with Gasteiger partial charge in [-0.25, -0.2) is 0 Å². The normalized spacial score (nSPS) is 17.3. The van der Waals surface area contributed by atoms with Crippen LogP contribution in [0.4, 0.5) is 10.5 Å². The Hall–Kier alpha value is -3.20. The minimum Gasteiger partial charge on any atom is -0.486 e. The Labute approximate surface area is 164 Å². The zero-order chi connectivity index (χ0) is 19.7. The zero-order valence-electron chi connectivity index (χ0n) is 14.9. The second-order valence-corrected chi connectivity index (χ2v) is 7.12. The minimum absolute atomic E-state index is 0.214. The van der Waals surface area contributed by atoms with Gasteiger partial charge in [0.25, 0.3) is 11.1 Å². The van der Waals surface area contributed by atoms with E-state index in [2.05, 4.69) is 5.32 Å². The third-order valence-corrected chi connectivity index (χ3v) is 4.94. The number of benzene rings is 1. The Balaban J connectivity index is 1.42. The molecule has 0 unspecified atom stereocenters. The number of rotatable bonds is 4. The maximum atomic E-state index is 12.5. The highest BCUT2D eigenvalue weighted by molar-refractivity contribution is 8.18. The monoisotopic (exact) mass is 400 g/mol. The number of imide groups is 1. The molecular formula is C19H16N2O6S. The summed E-state index contributed by atoms with van der Waals surface area (Å²) in [6.45, 7) is 2.31. The third-order valence-electron chi connectivity index (χ3n) is 4.04. The van der Waals surface area contributed by atoms with Gasteiger partial charge in [0.15, 0.2) is 11.5 Å². The van der Waals surface area contributed by atoms with Crippen LogP contribution in [-0.2, 0) is 9.59 Å². The van der Waals surface area contributed by atoms with E-state index in [-0.39, 0.29) is 11.4 Å². The molecule has 1 aromatic carbocycles. The van der Waals surface area contributed by atoms with E-state index in [0.29, 0.717) is 41.9 Å². The summed E-state index contributed by atoms with van der Waals surface area (Å²) < 4.78 is 16.3. The first kappa shape index (κ1) is 18.2. The number of carbonyl (C=O) groups is 3. The van der Waals surface area contributed by atoms with Crippen LogP contribution in [0, 0.1) is 6.92 Å². The van der Waals surface area contributed by atoms with Crippen molar-refractivity contribution in [1.82, 2.24) is 4.90 Å². The zero-order valence-corrected chi connectivity index (χ0v) is 15.7. The van der Waals surface area contributed by atoms with E-state index in [1.807, 2.05) is 0 Å². The molecular weight excluding hydrogens is 384 g/mol. The Morgan fingerprint density at radius 3 is 2.71 bits per heavy atom. The van der Waals surface area contributed by atoms with Crippen LogP contribution in [0.1, 0.15) is 11.5 Å². The largest absolute Gasteiger partial charge is 0.486 e. The SMILES string of the molecule is Cc1ccc(/C=C2/SC(=O)N(CC(=O)Nc3ccc4c(c3)OCCO4)C2=O)o1. The molecule has 2 aliphatic rings. The number of carbonyl (C=O) groups excluding carboxylic acids is 3. The van der Waals surface area contributed by atoms with Crippen LogP contribution < -0.4 is 14.8 Å². The molecule has 0 saturated carbocycles. The molecule has 9 heteroatoms. The number of thioether (sulfide) groups is 1. The lowest BCUT2D eigenvalue weighted by molar-refractivity contribution is -0.127. The van der Waals surface area contributed by atoms with Gasteiger partial charge in [0.05, 0.1) is 4.91 Å². The molecule has 3 amide bonds. The van der Waals surface area contributed by atoms with Crippen LogP contribution in [-0.4, -0.2) is 41.7 Å². The number of fused-ring (bicyclic) bond motifs is 1. The summed E-state index contributed by atoms with van der Waals surface area (Å²) in [6, 6.07) is 8.46. The van der Waals surface area contributed by atoms with Crippen LogP contribution >= 0.6 is 11.8 Å². The molecule has 1 fully saturated rings. The molecule has 2 aliphatic heterocycles. The summed E-state index contributed by atoms with van der Waals surface area (Å²) in [7, 11) is 0. The van der Waals surface area contributed by atoms with Gasteiger partial charge >= 0.3 is 0 Å². The molecule has 144 valence electrons. The first-order chi connectivity index (χ1) is 13.5. The second kappa shape index (κ2) is 7.43. The number of hydrogen-bond acceptors (Lipinski definition) is 7. The van der Waals surface area contributed by atoms with Gasteiger partial charge < -0.3 is 19.2 Å². The molecule has 1 saturated heterocycles. The summed E-state index contributed by atoms with van der Waals surface area (Å²) in [5.74, 6) is 1.30. The van der Waals surface area contributed by atoms with Gasteiger partial charge in [0.2, 0.25) is 5.91 Å². The van der Waals surface area contributed by atoms with Crippen molar-refractivity contribution in [1.29, 1.82) is 0 Å². The van der Waals surface area contributed by atoms with Crippen molar-refractivity contribution in [2.24, 2.45) is 0 Å². The molecule has 3 heterocycles. The van der Waals surface area contributed by atoms with Gasteiger partial charge in [0.1, 0.15) is 31.3 Å². The highest BCUT2D eigenvalue weighted by Crippen LogP contribution is 2.34. The number of furan rings is 1. The molecule has 2 aromatic rings. The van der Waals surface area contributed by atoms with Gasteiger partial charge in [-0.2, -0.15) is 0 Å². The van der Waals surface area contributed by atoms with Crippen molar-refractivity contribution in [3.05, 3.63) is 46.8 Å². The van der Waals surface area contributed by atoms with E-state index in [0.717, 1.165) is 16.7 Å². The first-order valence-electron chi connectivity index (χ1n) is 8.51. The second-order valence-electron chi connectivity index (χ2n) is 6.12. The molecule has 0 atom stereocenters. The molecule has 1 N–H and O–H groups in total. The smallest absolute Gasteiger partial charge is 0.294 e. The average Bonchev–Trinajstić information content (AvgIpc) is 3.19. The van der Waals surface area contributed by atoms with Crippen LogP contribution in [0.2, 0.25) is 0 Å². The topological polar surface area (TPSA) is 98.1 Å². The highest BCUT2D eigenvalue weighted by atomic mass is 32.2. The average molecular weight is 400 g/mol. The number of nitrogens with one attached hydrogen (secondary N) is 1. The van der Waals surface area contributed by atoms with Gasteiger partial charge in [-0.15, -0.1) is 0 Å². The predicted octanol–water partition coefficient (Wildman–Crippen LogP) is 3.03. The Kier molecular flexibility index (Phi) is 4.82. The fraction of sp³-hybridized carbons (Fsp3) is 0.211. The van der Waals surface area contributed by atoms with Crippen molar-refractivity contribution < 1.29 is 28.3 Å². The number of hydrogen-bond donors (Lipinski definition) is 1. The quantitative estimate of drug-likeness (QED) is 0.788. The van der Waals surface area contributed by atoms with Crippen LogP contribution in [0.3, 0.4) is 0 Å². The number of amides is 3. The lowest BCUT2D eigenvalue weighted by atomic mass is 10.2. The third kappa shape index (κ3) is 3.74. The van der Waals surface area contributed by atoms with Crippen molar-refractivity contribution in [3.8, 4) is 11.5 Å². The lowest BCUT2D eigenvalue weighted by Gasteiger charge is -2.19. The summed E-state index contributed by atoms with van der Waals surface area (Å²) in [6.07, 6.45) is 1.50. The molecule has 0 spiro atoms. The van der Waals surface area contributed by atoms with E-state index in [1.165, 1.54) is 6.08 Å². The van der Waals surface area contributed by atoms with E-state index < -0.39 is 17.1 Å². The molecule has 28 heavy (non-hydrogen) atoms. The maximum absolute atomic E-state index is 12.5. The van der Waals surface area contributed by atoms with Crippen LogP contribution in [0.15, 0.2) is 39.7 Å². The standard InChI is InChI=1S/C19H16N2O6S/c1-11-2-4-13(27-11)9-16-18(23)21(19(24)28-16)10-17(22)20-12-3-5-14-15(8-12)26-7-6-25-14/h2-5,8-9H,6-7,10H2,1H3,(H,20,22)/b16-9+. The number of aryl methyl sites for hydroxylation is 1. The molecule has 0 aliphatic carbocycles. The summed E-state index contributed by atoms with van der Waals surface area (Å²) in [5, 5.41) is 2.16.